The Kier molecular flexibility index (Phi) is 4.50. The van der Waals surface area contributed by atoms with Crippen LogP contribution in [0.3, 0.4) is 0 Å². The van der Waals surface area contributed by atoms with Crippen molar-refractivity contribution in [2.75, 3.05) is 6.54 Å². The summed E-state index contributed by atoms with van der Waals surface area (Å²) in [5.41, 5.74) is 7.27. The van der Waals surface area contributed by atoms with Crippen molar-refractivity contribution in [2.45, 2.75) is 33.4 Å². The van der Waals surface area contributed by atoms with Gasteiger partial charge in [-0.2, -0.15) is 0 Å². The van der Waals surface area contributed by atoms with E-state index in [2.05, 4.69) is 0 Å². The summed E-state index contributed by atoms with van der Waals surface area (Å²) in [7, 11) is 0. The molecule has 16 heavy (non-hydrogen) atoms. The molecule has 0 unspecified atom stereocenters. The molecule has 0 aliphatic heterocycles. The summed E-state index contributed by atoms with van der Waals surface area (Å²) in [6.45, 7) is 7.23. The van der Waals surface area contributed by atoms with Crippen LogP contribution in [0.5, 0.6) is 0 Å². The number of nitrogens with zero attached hydrogens (tertiary/aromatic N) is 1. The highest BCUT2D eigenvalue weighted by atomic mass is 16.2. The van der Waals surface area contributed by atoms with Crippen LogP contribution in [0.4, 0.5) is 0 Å². The minimum atomic E-state index is 0.0767. The Labute approximate surface area is 97.2 Å². The van der Waals surface area contributed by atoms with Gasteiger partial charge in [0, 0.05) is 24.7 Å². The Hall–Kier alpha value is -1.35. The highest BCUT2D eigenvalue weighted by Crippen LogP contribution is 2.10. The Balaban J connectivity index is 2.94. The first-order valence-electron chi connectivity index (χ1n) is 5.70. The van der Waals surface area contributed by atoms with Gasteiger partial charge in [0.2, 0.25) is 0 Å². The monoisotopic (exact) mass is 220 g/mol. The van der Waals surface area contributed by atoms with E-state index in [0.29, 0.717) is 6.54 Å². The van der Waals surface area contributed by atoms with Crippen molar-refractivity contribution in [3.05, 3.63) is 35.4 Å². The fourth-order valence-electron chi connectivity index (χ4n) is 1.74. The molecule has 0 spiro atoms. The summed E-state index contributed by atoms with van der Waals surface area (Å²) >= 11 is 0. The molecular formula is C13H20N2O. The summed E-state index contributed by atoms with van der Waals surface area (Å²) < 4.78 is 0. The van der Waals surface area contributed by atoms with Crippen molar-refractivity contribution in [2.24, 2.45) is 5.73 Å². The molecule has 88 valence electrons. The topological polar surface area (TPSA) is 46.3 Å². The van der Waals surface area contributed by atoms with Crippen molar-refractivity contribution in [1.82, 2.24) is 4.90 Å². The van der Waals surface area contributed by atoms with Crippen molar-refractivity contribution >= 4 is 5.91 Å². The number of carbonyl (C=O) groups is 1. The van der Waals surface area contributed by atoms with Gasteiger partial charge in [0.05, 0.1) is 0 Å². The first-order chi connectivity index (χ1) is 7.60. The SMILES string of the molecule is CCN(C(=O)c1cccc(CN)c1)C(C)C. The molecule has 0 atom stereocenters. The molecule has 0 radical (unpaired) electrons. The van der Waals surface area contributed by atoms with Crippen molar-refractivity contribution in [3.63, 3.8) is 0 Å². The molecule has 1 aromatic rings. The van der Waals surface area contributed by atoms with Crippen LogP contribution < -0.4 is 5.73 Å². The van der Waals surface area contributed by atoms with Gasteiger partial charge in [-0.3, -0.25) is 4.79 Å². The molecule has 0 aliphatic carbocycles. The maximum absolute atomic E-state index is 12.2. The van der Waals surface area contributed by atoms with Gasteiger partial charge >= 0.3 is 0 Å². The van der Waals surface area contributed by atoms with Gasteiger partial charge in [0.15, 0.2) is 0 Å². The van der Waals surface area contributed by atoms with Gasteiger partial charge in [-0.05, 0) is 38.5 Å². The van der Waals surface area contributed by atoms with E-state index in [-0.39, 0.29) is 11.9 Å². The lowest BCUT2D eigenvalue weighted by atomic mass is 10.1. The van der Waals surface area contributed by atoms with Crippen LogP contribution in [0, 0.1) is 0 Å². The van der Waals surface area contributed by atoms with Crippen LogP contribution in [-0.2, 0) is 6.54 Å². The third-order valence-electron chi connectivity index (χ3n) is 2.63. The van der Waals surface area contributed by atoms with Crippen LogP contribution in [0.1, 0.15) is 36.7 Å². The fraction of sp³-hybridized carbons (Fsp3) is 0.462. The molecule has 1 aromatic carbocycles. The molecule has 0 heterocycles. The third-order valence-corrected chi connectivity index (χ3v) is 2.63. The van der Waals surface area contributed by atoms with Gasteiger partial charge in [0.1, 0.15) is 0 Å². The molecule has 0 aromatic heterocycles. The molecule has 0 saturated carbocycles. The zero-order valence-electron chi connectivity index (χ0n) is 10.2. The second-order valence-corrected chi connectivity index (χ2v) is 4.09. The van der Waals surface area contributed by atoms with Crippen LogP contribution in [0.25, 0.3) is 0 Å². The number of benzene rings is 1. The summed E-state index contributed by atoms with van der Waals surface area (Å²) in [6, 6.07) is 7.74. The molecule has 0 fully saturated rings. The van der Waals surface area contributed by atoms with Crippen LogP contribution >= 0.6 is 0 Å². The van der Waals surface area contributed by atoms with Crippen LogP contribution in [-0.4, -0.2) is 23.4 Å². The van der Waals surface area contributed by atoms with E-state index in [1.165, 1.54) is 0 Å². The number of rotatable bonds is 4. The Morgan fingerprint density at radius 3 is 2.62 bits per heavy atom. The summed E-state index contributed by atoms with van der Waals surface area (Å²) in [5.74, 6) is 0.0767. The summed E-state index contributed by atoms with van der Waals surface area (Å²) in [6.07, 6.45) is 0. The minimum absolute atomic E-state index is 0.0767. The average Bonchev–Trinajstić information content (AvgIpc) is 2.29. The van der Waals surface area contributed by atoms with Crippen molar-refractivity contribution in [1.29, 1.82) is 0 Å². The highest BCUT2D eigenvalue weighted by Gasteiger charge is 2.16. The molecule has 2 N–H and O–H groups in total. The number of hydrogen-bond acceptors (Lipinski definition) is 2. The number of amides is 1. The number of nitrogens with two attached hydrogens (primary N) is 1. The van der Waals surface area contributed by atoms with Gasteiger partial charge < -0.3 is 10.6 Å². The Bertz CT molecular complexity index is 361. The first-order valence-corrected chi connectivity index (χ1v) is 5.70. The summed E-state index contributed by atoms with van der Waals surface area (Å²) in [4.78, 5) is 14.0. The van der Waals surface area contributed by atoms with E-state index in [9.17, 15) is 4.79 Å². The van der Waals surface area contributed by atoms with Gasteiger partial charge in [-0.25, -0.2) is 0 Å². The highest BCUT2D eigenvalue weighted by molar-refractivity contribution is 5.94. The van der Waals surface area contributed by atoms with E-state index in [1.54, 1.807) is 0 Å². The maximum Gasteiger partial charge on any atom is 0.254 e. The Morgan fingerprint density at radius 2 is 2.12 bits per heavy atom. The zero-order chi connectivity index (χ0) is 12.1. The first kappa shape index (κ1) is 12.7. The largest absolute Gasteiger partial charge is 0.337 e. The van der Waals surface area contributed by atoms with Crippen molar-refractivity contribution < 1.29 is 4.79 Å². The lowest BCUT2D eigenvalue weighted by Gasteiger charge is -2.25. The third kappa shape index (κ3) is 2.83. The summed E-state index contributed by atoms with van der Waals surface area (Å²) in [5, 5.41) is 0. The van der Waals surface area contributed by atoms with Gasteiger partial charge in [-0.1, -0.05) is 12.1 Å². The molecular weight excluding hydrogens is 200 g/mol. The second kappa shape index (κ2) is 5.66. The van der Waals surface area contributed by atoms with Gasteiger partial charge in [0.25, 0.3) is 5.91 Å². The van der Waals surface area contributed by atoms with Gasteiger partial charge in [-0.15, -0.1) is 0 Å². The lowest BCUT2D eigenvalue weighted by molar-refractivity contribution is 0.0717. The van der Waals surface area contributed by atoms with E-state index >= 15 is 0 Å². The molecule has 0 aliphatic rings. The fourth-order valence-corrected chi connectivity index (χ4v) is 1.74. The van der Waals surface area contributed by atoms with Crippen LogP contribution in [0.2, 0.25) is 0 Å². The molecule has 0 saturated heterocycles. The van der Waals surface area contributed by atoms with Crippen LogP contribution in [0.15, 0.2) is 24.3 Å². The van der Waals surface area contributed by atoms with E-state index < -0.39 is 0 Å². The predicted molar refractivity (Wildman–Crippen MR) is 66.2 cm³/mol. The van der Waals surface area contributed by atoms with E-state index in [1.807, 2.05) is 49.9 Å². The lowest BCUT2D eigenvalue weighted by Crippen LogP contribution is -2.36. The quantitative estimate of drug-likeness (QED) is 0.843. The van der Waals surface area contributed by atoms with Crippen molar-refractivity contribution in [3.8, 4) is 0 Å². The molecule has 1 rings (SSSR count). The Morgan fingerprint density at radius 1 is 1.44 bits per heavy atom. The molecule has 1 amide bonds. The number of carbonyl (C=O) groups excluding carboxylic acids is 1. The smallest absolute Gasteiger partial charge is 0.254 e. The molecule has 3 heteroatoms. The normalized spacial score (nSPS) is 10.6. The number of hydrogen-bond donors (Lipinski definition) is 1. The maximum atomic E-state index is 12.2. The predicted octanol–water partition coefficient (Wildman–Crippen LogP) is 2.02. The van der Waals surface area contributed by atoms with E-state index in [0.717, 1.165) is 17.7 Å². The molecule has 0 bridgehead atoms. The average molecular weight is 220 g/mol. The zero-order valence-corrected chi connectivity index (χ0v) is 10.2. The second-order valence-electron chi connectivity index (χ2n) is 4.09. The standard InChI is InChI=1S/C13H20N2O/c1-4-15(10(2)3)13(16)12-7-5-6-11(8-12)9-14/h5-8,10H,4,9,14H2,1-3H3. The van der Waals surface area contributed by atoms with E-state index in [4.69, 9.17) is 5.73 Å². The minimum Gasteiger partial charge on any atom is -0.337 e. The molecule has 3 nitrogen and oxygen atoms in total.